The SMILES string of the molecule is CCc1ccc(N2C(=O)C3CC=C4C(CC5C(=O)N(c6cc(-c7sc8ccc(Cl)cc8c7C)nn6C)C(=O)C5(C)C4c4cc(OC)c(O)c(OC)c4)C3C2=O)cc1. The fourth-order valence-corrected chi connectivity index (χ4v) is 11.4. The highest BCUT2D eigenvalue weighted by molar-refractivity contribution is 7.22. The lowest BCUT2D eigenvalue weighted by Gasteiger charge is -2.49. The first kappa shape index (κ1) is 37.1. The summed E-state index contributed by atoms with van der Waals surface area (Å²) in [5.74, 6) is -4.46. The van der Waals surface area contributed by atoms with Crippen molar-refractivity contribution in [3.63, 3.8) is 0 Å². The molecule has 1 saturated carbocycles. The Hall–Kier alpha value is -5.46. The molecule has 292 valence electrons. The van der Waals surface area contributed by atoms with Gasteiger partial charge in [-0.2, -0.15) is 5.10 Å². The smallest absolute Gasteiger partial charge is 0.242 e. The number of methoxy groups -OCH3 is 2. The number of hydrogen-bond acceptors (Lipinski definition) is 9. The Morgan fingerprint density at radius 3 is 2.30 bits per heavy atom. The minimum absolute atomic E-state index is 0.139. The highest BCUT2D eigenvalue weighted by atomic mass is 35.5. The van der Waals surface area contributed by atoms with E-state index in [0.717, 1.165) is 38.1 Å². The van der Waals surface area contributed by atoms with Crippen molar-refractivity contribution in [2.24, 2.45) is 36.1 Å². The third kappa shape index (κ3) is 5.25. The molecule has 4 heterocycles. The van der Waals surface area contributed by atoms with Gasteiger partial charge in [-0.15, -0.1) is 11.3 Å². The number of phenols is 1. The average molecular weight is 805 g/mol. The number of fused-ring (bicyclic) bond motifs is 5. The number of ether oxygens (including phenoxy) is 2. The fraction of sp³-hybridized carbons (Fsp3) is 0.341. The van der Waals surface area contributed by atoms with E-state index in [0.29, 0.717) is 34.2 Å². The number of benzene rings is 3. The van der Waals surface area contributed by atoms with Crippen molar-refractivity contribution in [2.75, 3.05) is 24.0 Å². The molecule has 11 nitrogen and oxygen atoms in total. The van der Waals surface area contributed by atoms with Crippen molar-refractivity contribution >= 4 is 68.2 Å². The van der Waals surface area contributed by atoms with Crippen molar-refractivity contribution < 1.29 is 33.8 Å². The van der Waals surface area contributed by atoms with Crippen LogP contribution in [0.3, 0.4) is 0 Å². The molecule has 2 aliphatic carbocycles. The van der Waals surface area contributed by atoms with Gasteiger partial charge in [0.1, 0.15) is 11.5 Å². The van der Waals surface area contributed by atoms with Crippen molar-refractivity contribution in [3.05, 3.63) is 94.0 Å². The molecule has 3 fully saturated rings. The van der Waals surface area contributed by atoms with Gasteiger partial charge in [0, 0.05) is 28.8 Å². The number of imide groups is 2. The number of phenolic OH excluding ortho intramolecular Hbond substituents is 1. The lowest BCUT2D eigenvalue weighted by atomic mass is 9.51. The molecule has 9 rings (SSSR count). The van der Waals surface area contributed by atoms with Crippen molar-refractivity contribution in [3.8, 4) is 27.8 Å². The van der Waals surface area contributed by atoms with E-state index < -0.39 is 46.8 Å². The van der Waals surface area contributed by atoms with E-state index in [2.05, 4.69) is 0 Å². The van der Waals surface area contributed by atoms with E-state index in [-0.39, 0.29) is 35.5 Å². The molecule has 6 unspecified atom stereocenters. The summed E-state index contributed by atoms with van der Waals surface area (Å²) >= 11 is 7.90. The zero-order chi connectivity index (χ0) is 40.2. The van der Waals surface area contributed by atoms with Crippen LogP contribution in [0.15, 0.2) is 72.3 Å². The van der Waals surface area contributed by atoms with Gasteiger partial charge in [0.05, 0.1) is 48.0 Å². The molecule has 6 atom stereocenters. The second-order valence-electron chi connectivity index (χ2n) is 15.7. The number of thiophene rings is 1. The first-order valence-electron chi connectivity index (χ1n) is 19.0. The van der Waals surface area contributed by atoms with E-state index >= 15 is 9.59 Å². The number of halogens is 1. The Bertz CT molecular complexity index is 2570. The van der Waals surface area contributed by atoms with Crippen LogP contribution < -0.4 is 19.3 Å². The Morgan fingerprint density at radius 2 is 1.63 bits per heavy atom. The van der Waals surface area contributed by atoms with Crippen LogP contribution in [0.2, 0.25) is 5.02 Å². The summed E-state index contributed by atoms with van der Waals surface area (Å²) in [6.45, 7) is 5.87. The molecular weight excluding hydrogens is 764 g/mol. The first-order valence-corrected chi connectivity index (χ1v) is 20.2. The van der Waals surface area contributed by atoms with E-state index in [1.807, 2.05) is 69.3 Å². The molecule has 4 aliphatic rings. The van der Waals surface area contributed by atoms with Crippen molar-refractivity contribution in [2.45, 2.75) is 46.0 Å². The lowest BCUT2D eigenvalue weighted by molar-refractivity contribution is -0.131. The molecular formula is C44H41ClN4O7S. The van der Waals surface area contributed by atoms with Crippen LogP contribution in [0, 0.1) is 36.0 Å². The molecule has 5 aromatic rings. The van der Waals surface area contributed by atoms with Crippen LogP contribution in [0.5, 0.6) is 17.2 Å². The number of nitrogens with zero attached hydrogens (tertiary/aromatic N) is 4. The molecule has 0 bridgehead atoms. The maximum atomic E-state index is 15.3. The van der Waals surface area contributed by atoms with Crippen molar-refractivity contribution in [1.82, 2.24) is 9.78 Å². The minimum atomic E-state index is -1.34. The third-order valence-corrected chi connectivity index (χ3v) is 14.5. The average Bonchev–Trinajstić information content (AvgIpc) is 3.88. The van der Waals surface area contributed by atoms with Gasteiger partial charge in [-0.3, -0.25) is 28.8 Å². The molecule has 4 amide bonds. The van der Waals surface area contributed by atoms with Crippen LogP contribution in [0.25, 0.3) is 20.7 Å². The standard InChI is InChI=1S/C44H41ClN4O7S/c1-7-22-8-11-25(12-9-22)48-40(51)27-14-13-26-29(36(27)42(48)53)19-30-41(52)49(43(54)44(30,3)37(26)23-16-32(55-5)38(50)33(17-23)56-6)35-20-31(46-47(35)4)39-21(2)28-18-24(45)10-15-34(28)57-39/h8-13,15-18,20,27,29-30,36-37,50H,7,14,19H2,1-6H3. The van der Waals surface area contributed by atoms with Gasteiger partial charge in [0.2, 0.25) is 29.4 Å². The van der Waals surface area contributed by atoms with E-state index in [4.69, 9.17) is 26.2 Å². The van der Waals surface area contributed by atoms with Gasteiger partial charge in [-0.25, -0.2) is 4.90 Å². The molecule has 13 heteroatoms. The first-order chi connectivity index (χ1) is 27.3. The largest absolute Gasteiger partial charge is 0.502 e. The molecule has 3 aromatic carbocycles. The fourth-order valence-electron chi connectivity index (χ4n) is 10.0. The number of anilines is 2. The quantitative estimate of drug-likeness (QED) is 0.130. The summed E-state index contributed by atoms with van der Waals surface area (Å²) in [5, 5.41) is 17.4. The highest BCUT2D eigenvalue weighted by Gasteiger charge is 2.68. The van der Waals surface area contributed by atoms with Gasteiger partial charge in [0.15, 0.2) is 11.5 Å². The summed E-state index contributed by atoms with van der Waals surface area (Å²) in [5.41, 5.74) is 3.28. The van der Waals surface area contributed by atoms with Crippen LogP contribution >= 0.6 is 22.9 Å². The summed E-state index contributed by atoms with van der Waals surface area (Å²) in [7, 11) is 4.58. The minimum Gasteiger partial charge on any atom is -0.502 e. The highest BCUT2D eigenvalue weighted by Crippen LogP contribution is 2.64. The predicted octanol–water partition coefficient (Wildman–Crippen LogP) is 7.98. The summed E-state index contributed by atoms with van der Waals surface area (Å²) in [4.78, 5) is 62.4. The number of amides is 4. The van der Waals surface area contributed by atoms with Gasteiger partial charge in [0.25, 0.3) is 0 Å². The number of hydrogen-bond donors (Lipinski definition) is 1. The van der Waals surface area contributed by atoms with Crippen LogP contribution in [-0.2, 0) is 32.6 Å². The molecule has 57 heavy (non-hydrogen) atoms. The third-order valence-electron chi connectivity index (χ3n) is 12.9. The lowest BCUT2D eigenvalue weighted by Crippen LogP contribution is -2.49. The number of allylic oxidation sites excluding steroid dienone is 2. The van der Waals surface area contributed by atoms with Crippen LogP contribution in [0.1, 0.15) is 49.3 Å². The van der Waals surface area contributed by atoms with Gasteiger partial charge in [-0.1, -0.05) is 42.3 Å². The van der Waals surface area contributed by atoms with E-state index in [1.54, 1.807) is 41.3 Å². The monoisotopic (exact) mass is 804 g/mol. The number of aromatic hydroxyl groups is 1. The number of carbonyl (C=O) groups excluding carboxylic acids is 4. The Labute approximate surface area is 338 Å². The molecule has 0 radical (unpaired) electrons. The Morgan fingerprint density at radius 1 is 0.930 bits per heavy atom. The molecule has 2 saturated heterocycles. The second-order valence-corrected chi connectivity index (χ2v) is 17.2. The van der Waals surface area contributed by atoms with Gasteiger partial charge in [-0.05, 0) is 104 Å². The number of rotatable bonds is 7. The number of carbonyl (C=O) groups is 4. The summed E-state index contributed by atoms with van der Waals surface area (Å²) < 4.78 is 13.8. The maximum absolute atomic E-state index is 15.3. The van der Waals surface area contributed by atoms with Gasteiger partial charge < -0.3 is 14.6 Å². The summed E-state index contributed by atoms with van der Waals surface area (Å²) in [6.07, 6.45) is 3.31. The van der Waals surface area contributed by atoms with E-state index in [1.165, 1.54) is 24.0 Å². The zero-order valence-electron chi connectivity index (χ0n) is 32.3. The topological polar surface area (TPSA) is 131 Å². The predicted molar refractivity (Wildman–Crippen MR) is 218 cm³/mol. The molecule has 2 aliphatic heterocycles. The molecule has 0 spiro atoms. The Kier molecular flexibility index (Phi) is 8.67. The molecule has 1 N–H and O–H groups in total. The number of aromatic nitrogens is 2. The van der Waals surface area contributed by atoms with E-state index in [9.17, 15) is 14.7 Å². The summed E-state index contributed by atoms with van der Waals surface area (Å²) in [6, 6.07) is 18.3. The van der Waals surface area contributed by atoms with Crippen molar-refractivity contribution in [1.29, 1.82) is 0 Å². The second kappa shape index (κ2) is 13.3. The molecule has 2 aromatic heterocycles. The zero-order valence-corrected chi connectivity index (χ0v) is 33.9. The van der Waals surface area contributed by atoms with Gasteiger partial charge >= 0.3 is 0 Å². The van der Waals surface area contributed by atoms with Crippen LogP contribution in [0.4, 0.5) is 11.5 Å². The maximum Gasteiger partial charge on any atom is 0.242 e. The Balaban J connectivity index is 1.17. The van der Waals surface area contributed by atoms with Crippen LogP contribution in [-0.4, -0.2) is 52.7 Å². The number of aryl methyl sites for hydroxylation is 3. The normalized spacial score (nSPS) is 25.5.